The Hall–Kier alpha value is -1.84. The number of nitrogens with one attached hydrogen (secondary N) is 1. The van der Waals surface area contributed by atoms with E-state index in [1.165, 1.54) is 7.11 Å². The zero-order chi connectivity index (χ0) is 15.2. The Labute approximate surface area is 125 Å². The molecule has 0 radical (unpaired) electrons. The van der Waals surface area contributed by atoms with E-state index in [1.807, 2.05) is 31.2 Å². The van der Waals surface area contributed by atoms with E-state index in [-0.39, 0.29) is 23.8 Å². The molecule has 1 aliphatic carbocycles. The fourth-order valence-electron chi connectivity index (χ4n) is 2.95. The minimum Gasteiger partial charge on any atom is -0.469 e. The molecule has 4 nitrogen and oxygen atoms in total. The Kier molecular flexibility index (Phi) is 5.37. The highest BCUT2D eigenvalue weighted by Gasteiger charge is 2.27. The van der Waals surface area contributed by atoms with E-state index in [9.17, 15) is 9.59 Å². The molecule has 114 valence electrons. The maximum atomic E-state index is 12.4. The van der Waals surface area contributed by atoms with Crippen molar-refractivity contribution in [3.05, 3.63) is 35.4 Å². The van der Waals surface area contributed by atoms with Crippen LogP contribution in [0.5, 0.6) is 0 Å². The van der Waals surface area contributed by atoms with Gasteiger partial charge in [0.25, 0.3) is 5.91 Å². The molecule has 0 spiro atoms. The molecular formula is C17H23NO3. The second-order valence-corrected chi connectivity index (χ2v) is 5.56. The van der Waals surface area contributed by atoms with Crippen molar-refractivity contribution in [3.63, 3.8) is 0 Å². The number of methoxy groups -OCH3 is 1. The van der Waals surface area contributed by atoms with Gasteiger partial charge in [-0.2, -0.15) is 0 Å². The minimum atomic E-state index is -0.129. The van der Waals surface area contributed by atoms with E-state index in [0.29, 0.717) is 0 Å². The molecule has 2 rings (SSSR count). The predicted molar refractivity (Wildman–Crippen MR) is 81.0 cm³/mol. The molecular weight excluding hydrogens is 266 g/mol. The van der Waals surface area contributed by atoms with Gasteiger partial charge in [0.05, 0.1) is 13.0 Å². The fourth-order valence-corrected chi connectivity index (χ4v) is 2.95. The van der Waals surface area contributed by atoms with Crippen molar-refractivity contribution < 1.29 is 14.3 Å². The van der Waals surface area contributed by atoms with Gasteiger partial charge < -0.3 is 10.1 Å². The summed E-state index contributed by atoms with van der Waals surface area (Å²) >= 11 is 0. The molecule has 0 bridgehead atoms. The van der Waals surface area contributed by atoms with Crippen LogP contribution in [-0.2, 0) is 16.0 Å². The van der Waals surface area contributed by atoms with Crippen molar-refractivity contribution in [1.29, 1.82) is 0 Å². The van der Waals surface area contributed by atoms with Crippen molar-refractivity contribution in [2.75, 3.05) is 7.11 Å². The molecule has 1 aromatic rings. The molecule has 1 aromatic carbocycles. The normalized spacial score (nSPS) is 21.6. The lowest BCUT2D eigenvalue weighted by atomic mass is 9.86. The van der Waals surface area contributed by atoms with Crippen LogP contribution in [0.2, 0.25) is 0 Å². The van der Waals surface area contributed by atoms with Gasteiger partial charge in [-0.1, -0.05) is 25.1 Å². The Balaban J connectivity index is 1.91. The Morgan fingerprint density at radius 1 is 1.19 bits per heavy atom. The molecule has 4 heteroatoms. The number of carbonyl (C=O) groups is 2. The number of carbonyl (C=O) groups excluding carboxylic acids is 2. The number of benzene rings is 1. The van der Waals surface area contributed by atoms with Gasteiger partial charge >= 0.3 is 5.97 Å². The Morgan fingerprint density at radius 2 is 1.86 bits per heavy atom. The van der Waals surface area contributed by atoms with Crippen molar-refractivity contribution in [3.8, 4) is 0 Å². The van der Waals surface area contributed by atoms with Gasteiger partial charge in [-0.25, -0.2) is 0 Å². The van der Waals surface area contributed by atoms with Crippen molar-refractivity contribution in [2.24, 2.45) is 5.92 Å². The molecule has 0 aromatic heterocycles. The number of ether oxygens (including phenoxy) is 1. The van der Waals surface area contributed by atoms with Crippen LogP contribution in [0.25, 0.3) is 0 Å². The van der Waals surface area contributed by atoms with Crippen LogP contribution in [0.3, 0.4) is 0 Å². The van der Waals surface area contributed by atoms with Gasteiger partial charge in [0.15, 0.2) is 0 Å². The zero-order valence-electron chi connectivity index (χ0n) is 12.7. The van der Waals surface area contributed by atoms with Crippen LogP contribution >= 0.6 is 0 Å². The van der Waals surface area contributed by atoms with E-state index in [4.69, 9.17) is 4.74 Å². The maximum Gasteiger partial charge on any atom is 0.308 e. The molecule has 1 fully saturated rings. The van der Waals surface area contributed by atoms with Crippen LogP contribution in [-0.4, -0.2) is 25.0 Å². The quantitative estimate of drug-likeness (QED) is 0.867. The molecule has 1 amide bonds. The number of hydrogen-bond donors (Lipinski definition) is 1. The number of aryl methyl sites for hydroxylation is 1. The first kappa shape index (κ1) is 15.5. The summed E-state index contributed by atoms with van der Waals surface area (Å²) in [6, 6.07) is 7.86. The number of rotatable bonds is 4. The van der Waals surface area contributed by atoms with E-state index < -0.39 is 0 Å². The molecule has 1 saturated carbocycles. The second-order valence-electron chi connectivity index (χ2n) is 5.56. The number of hydrogen-bond acceptors (Lipinski definition) is 3. The first-order valence-corrected chi connectivity index (χ1v) is 7.62. The molecule has 1 aliphatic rings. The summed E-state index contributed by atoms with van der Waals surface area (Å²) in [5, 5.41) is 3.10. The highest BCUT2D eigenvalue weighted by molar-refractivity contribution is 5.95. The van der Waals surface area contributed by atoms with Crippen molar-refractivity contribution >= 4 is 11.9 Å². The fraction of sp³-hybridized carbons (Fsp3) is 0.529. The van der Waals surface area contributed by atoms with E-state index >= 15 is 0 Å². The standard InChI is InChI=1S/C17H23NO3/c1-3-12-6-4-5-7-15(12)16(19)18-14-10-8-13(9-11-14)17(20)21-2/h4-7,13-14H,3,8-11H2,1-2H3,(H,18,19). The first-order chi connectivity index (χ1) is 10.2. The molecule has 21 heavy (non-hydrogen) atoms. The highest BCUT2D eigenvalue weighted by atomic mass is 16.5. The van der Waals surface area contributed by atoms with E-state index in [1.54, 1.807) is 0 Å². The monoisotopic (exact) mass is 289 g/mol. The van der Waals surface area contributed by atoms with Crippen LogP contribution in [0, 0.1) is 5.92 Å². The second kappa shape index (κ2) is 7.25. The molecule has 0 aliphatic heterocycles. The van der Waals surface area contributed by atoms with Crippen molar-refractivity contribution in [1.82, 2.24) is 5.32 Å². The van der Waals surface area contributed by atoms with Gasteiger partial charge in [-0.15, -0.1) is 0 Å². The summed E-state index contributed by atoms with van der Waals surface area (Å²) in [6.07, 6.45) is 4.08. The summed E-state index contributed by atoms with van der Waals surface area (Å²) in [7, 11) is 1.43. The third kappa shape index (κ3) is 3.84. The first-order valence-electron chi connectivity index (χ1n) is 7.62. The molecule has 0 saturated heterocycles. The summed E-state index contributed by atoms with van der Waals surface area (Å²) in [5.74, 6) is -0.142. The predicted octanol–water partition coefficient (Wildman–Crippen LogP) is 2.71. The SMILES string of the molecule is CCc1ccccc1C(=O)NC1CCC(C(=O)OC)CC1. The summed E-state index contributed by atoms with van der Waals surface area (Å²) in [4.78, 5) is 23.9. The van der Waals surface area contributed by atoms with Crippen LogP contribution in [0.15, 0.2) is 24.3 Å². The van der Waals surface area contributed by atoms with Gasteiger partial charge in [-0.3, -0.25) is 9.59 Å². The average molecular weight is 289 g/mol. The highest BCUT2D eigenvalue weighted by Crippen LogP contribution is 2.25. The summed E-state index contributed by atoms with van der Waals surface area (Å²) < 4.78 is 4.78. The van der Waals surface area contributed by atoms with Gasteiger partial charge in [0.1, 0.15) is 0 Å². The largest absolute Gasteiger partial charge is 0.469 e. The smallest absolute Gasteiger partial charge is 0.308 e. The molecule has 1 N–H and O–H groups in total. The molecule has 0 unspecified atom stereocenters. The van der Waals surface area contributed by atoms with Crippen LogP contribution in [0.1, 0.15) is 48.5 Å². The third-order valence-electron chi connectivity index (χ3n) is 4.24. The van der Waals surface area contributed by atoms with Crippen LogP contribution < -0.4 is 5.32 Å². The topological polar surface area (TPSA) is 55.4 Å². The van der Waals surface area contributed by atoms with Gasteiger partial charge in [0, 0.05) is 11.6 Å². The summed E-state index contributed by atoms with van der Waals surface area (Å²) in [6.45, 7) is 2.05. The van der Waals surface area contributed by atoms with E-state index in [2.05, 4.69) is 5.32 Å². The zero-order valence-corrected chi connectivity index (χ0v) is 12.7. The number of esters is 1. The van der Waals surface area contributed by atoms with Gasteiger partial charge in [-0.05, 0) is 43.7 Å². The average Bonchev–Trinajstić information content (AvgIpc) is 2.54. The summed E-state index contributed by atoms with van der Waals surface area (Å²) in [5.41, 5.74) is 1.83. The lowest BCUT2D eigenvalue weighted by Gasteiger charge is -2.27. The van der Waals surface area contributed by atoms with Crippen LogP contribution in [0.4, 0.5) is 0 Å². The van der Waals surface area contributed by atoms with Gasteiger partial charge in [0.2, 0.25) is 0 Å². The molecule has 0 heterocycles. The van der Waals surface area contributed by atoms with Crippen molar-refractivity contribution in [2.45, 2.75) is 45.1 Å². The lowest BCUT2D eigenvalue weighted by molar-refractivity contribution is -0.146. The lowest BCUT2D eigenvalue weighted by Crippen LogP contribution is -2.39. The Morgan fingerprint density at radius 3 is 2.48 bits per heavy atom. The Bertz CT molecular complexity index is 505. The third-order valence-corrected chi connectivity index (χ3v) is 4.24. The number of amides is 1. The molecule has 0 atom stereocenters. The van der Waals surface area contributed by atoms with E-state index in [0.717, 1.165) is 43.2 Å². The maximum absolute atomic E-state index is 12.4. The minimum absolute atomic E-state index is 0.00559.